The van der Waals surface area contributed by atoms with Crippen LogP contribution in [0.15, 0.2) is 0 Å². The molecule has 0 aromatic heterocycles. The fourth-order valence-electron chi connectivity index (χ4n) is 0.908. The molecule has 5 heteroatoms. The van der Waals surface area contributed by atoms with Crippen LogP contribution in [-0.2, 0) is 4.79 Å². The Morgan fingerprint density at radius 1 is 1.46 bits per heavy atom. The van der Waals surface area contributed by atoms with E-state index in [0.29, 0.717) is 0 Å². The van der Waals surface area contributed by atoms with Gasteiger partial charge in [-0.25, -0.2) is 5.84 Å². The van der Waals surface area contributed by atoms with Crippen molar-refractivity contribution in [2.75, 3.05) is 5.75 Å². The summed E-state index contributed by atoms with van der Waals surface area (Å²) >= 11 is 1.55. The SMILES string of the molecule is CC(N)CSC(C(=O)NN)C(C)C. The van der Waals surface area contributed by atoms with Gasteiger partial charge in [-0.1, -0.05) is 13.8 Å². The first kappa shape index (κ1) is 12.7. The summed E-state index contributed by atoms with van der Waals surface area (Å²) < 4.78 is 0. The number of hydrazine groups is 1. The van der Waals surface area contributed by atoms with E-state index in [4.69, 9.17) is 11.6 Å². The van der Waals surface area contributed by atoms with E-state index in [2.05, 4.69) is 5.43 Å². The van der Waals surface area contributed by atoms with E-state index < -0.39 is 0 Å². The monoisotopic (exact) mass is 205 g/mol. The Bertz CT molecular complexity index is 161. The first-order valence-electron chi connectivity index (χ1n) is 4.36. The number of carbonyl (C=O) groups excluding carboxylic acids is 1. The predicted octanol–water partition coefficient (Wildman–Crippen LogP) is 0.0813. The predicted molar refractivity (Wildman–Crippen MR) is 57.1 cm³/mol. The second-order valence-electron chi connectivity index (χ2n) is 3.48. The van der Waals surface area contributed by atoms with Crippen LogP contribution in [0.3, 0.4) is 0 Å². The Hall–Kier alpha value is -0.260. The van der Waals surface area contributed by atoms with Gasteiger partial charge in [-0.2, -0.15) is 0 Å². The van der Waals surface area contributed by atoms with Crippen LogP contribution < -0.4 is 17.0 Å². The summed E-state index contributed by atoms with van der Waals surface area (Å²) in [6.45, 7) is 5.91. The molecule has 0 aliphatic heterocycles. The third kappa shape index (κ3) is 5.13. The van der Waals surface area contributed by atoms with Gasteiger partial charge in [-0.3, -0.25) is 10.2 Å². The van der Waals surface area contributed by atoms with Gasteiger partial charge in [-0.15, -0.1) is 11.8 Å². The summed E-state index contributed by atoms with van der Waals surface area (Å²) in [6.07, 6.45) is 0. The molecule has 0 rings (SSSR count). The van der Waals surface area contributed by atoms with Crippen LogP contribution >= 0.6 is 11.8 Å². The number of thioether (sulfide) groups is 1. The van der Waals surface area contributed by atoms with Crippen molar-refractivity contribution < 1.29 is 4.79 Å². The standard InChI is InChI=1S/C8H19N3OS/c1-5(2)7(8(12)11-10)13-4-6(3)9/h5-7H,4,9-10H2,1-3H3,(H,11,12). The zero-order valence-corrected chi connectivity index (χ0v) is 9.23. The van der Waals surface area contributed by atoms with Crippen molar-refractivity contribution in [1.29, 1.82) is 0 Å². The van der Waals surface area contributed by atoms with Crippen molar-refractivity contribution in [2.24, 2.45) is 17.5 Å². The lowest BCUT2D eigenvalue weighted by molar-refractivity contribution is -0.121. The van der Waals surface area contributed by atoms with Crippen LogP contribution in [0.4, 0.5) is 0 Å². The van der Waals surface area contributed by atoms with Gasteiger partial charge < -0.3 is 5.73 Å². The van der Waals surface area contributed by atoms with Crippen molar-refractivity contribution in [3.05, 3.63) is 0 Å². The van der Waals surface area contributed by atoms with E-state index in [9.17, 15) is 4.79 Å². The number of amides is 1. The van der Waals surface area contributed by atoms with Crippen molar-refractivity contribution in [3.63, 3.8) is 0 Å². The van der Waals surface area contributed by atoms with Crippen LogP contribution in [-0.4, -0.2) is 23.0 Å². The first-order valence-corrected chi connectivity index (χ1v) is 5.41. The quantitative estimate of drug-likeness (QED) is 0.337. The Morgan fingerprint density at radius 2 is 2.00 bits per heavy atom. The van der Waals surface area contributed by atoms with Gasteiger partial charge in [0.05, 0.1) is 5.25 Å². The molecule has 0 radical (unpaired) electrons. The minimum absolute atomic E-state index is 0.101. The summed E-state index contributed by atoms with van der Waals surface area (Å²) in [4.78, 5) is 11.3. The number of hydrogen-bond donors (Lipinski definition) is 3. The van der Waals surface area contributed by atoms with Crippen molar-refractivity contribution >= 4 is 17.7 Å². The summed E-state index contributed by atoms with van der Waals surface area (Å²) in [5.41, 5.74) is 7.77. The summed E-state index contributed by atoms with van der Waals surface area (Å²) in [5.74, 6) is 5.99. The van der Waals surface area contributed by atoms with Crippen LogP contribution in [0.1, 0.15) is 20.8 Å². The minimum Gasteiger partial charge on any atom is -0.327 e. The Balaban J connectivity index is 4.03. The summed E-state index contributed by atoms with van der Waals surface area (Å²) in [7, 11) is 0. The molecule has 0 heterocycles. The van der Waals surface area contributed by atoms with Gasteiger partial charge in [0.25, 0.3) is 0 Å². The molecule has 2 unspecified atom stereocenters. The highest BCUT2D eigenvalue weighted by molar-refractivity contribution is 8.00. The van der Waals surface area contributed by atoms with E-state index in [1.165, 1.54) is 0 Å². The molecular weight excluding hydrogens is 186 g/mol. The Morgan fingerprint density at radius 3 is 2.31 bits per heavy atom. The molecule has 2 atom stereocenters. The van der Waals surface area contributed by atoms with Gasteiger partial charge in [0.2, 0.25) is 5.91 Å². The van der Waals surface area contributed by atoms with Crippen LogP contribution in [0.25, 0.3) is 0 Å². The van der Waals surface area contributed by atoms with Crippen LogP contribution in [0.2, 0.25) is 0 Å². The van der Waals surface area contributed by atoms with Gasteiger partial charge in [-0.05, 0) is 12.8 Å². The molecule has 0 saturated heterocycles. The fourth-order valence-corrected chi connectivity index (χ4v) is 2.02. The molecule has 0 aromatic rings. The zero-order valence-electron chi connectivity index (χ0n) is 8.41. The maximum atomic E-state index is 11.3. The third-order valence-corrected chi connectivity index (χ3v) is 3.38. The van der Waals surface area contributed by atoms with E-state index in [-0.39, 0.29) is 23.1 Å². The highest BCUT2D eigenvalue weighted by Gasteiger charge is 2.21. The molecule has 0 aromatic carbocycles. The van der Waals surface area contributed by atoms with Gasteiger partial charge in [0.1, 0.15) is 0 Å². The molecule has 0 aliphatic rings. The molecule has 1 amide bonds. The normalized spacial score (nSPS) is 15.5. The second kappa shape index (κ2) is 6.23. The highest BCUT2D eigenvalue weighted by atomic mass is 32.2. The lowest BCUT2D eigenvalue weighted by Crippen LogP contribution is -2.40. The third-order valence-electron chi connectivity index (χ3n) is 1.54. The molecule has 0 bridgehead atoms. The maximum absolute atomic E-state index is 11.3. The van der Waals surface area contributed by atoms with Crippen molar-refractivity contribution in [1.82, 2.24) is 5.43 Å². The lowest BCUT2D eigenvalue weighted by atomic mass is 10.1. The number of nitrogens with one attached hydrogen (secondary N) is 1. The topological polar surface area (TPSA) is 81.1 Å². The number of nitrogens with two attached hydrogens (primary N) is 2. The van der Waals surface area contributed by atoms with Crippen molar-refractivity contribution in [3.8, 4) is 0 Å². The van der Waals surface area contributed by atoms with Gasteiger partial charge >= 0.3 is 0 Å². The fraction of sp³-hybridized carbons (Fsp3) is 0.875. The molecule has 5 N–H and O–H groups in total. The average molecular weight is 205 g/mol. The molecular formula is C8H19N3OS. The van der Waals surface area contributed by atoms with E-state index in [1.807, 2.05) is 20.8 Å². The van der Waals surface area contributed by atoms with Crippen LogP contribution in [0.5, 0.6) is 0 Å². The number of carbonyl (C=O) groups is 1. The largest absolute Gasteiger partial charge is 0.327 e. The molecule has 13 heavy (non-hydrogen) atoms. The summed E-state index contributed by atoms with van der Waals surface area (Å²) in [6, 6.07) is 0.108. The van der Waals surface area contributed by atoms with Gasteiger partial charge in [0.15, 0.2) is 0 Å². The van der Waals surface area contributed by atoms with Crippen molar-refractivity contribution in [2.45, 2.75) is 32.1 Å². The Kier molecular flexibility index (Phi) is 6.11. The van der Waals surface area contributed by atoms with E-state index in [1.54, 1.807) is 11.8 Å². The second-order valence-corrected chi connectivity index (χ2v) is 4.66. The first-order chi connectivity index (χ1) is 5.99. The minimum atomic E-state index is -0.124. The molecule has 0 fully saturated rings. The highest BCUT2D eigenvalue weighted by Crippen LogP contribution is 2.19. The molecule has 0 saturated carbocycles. The van der Waals surface area contributed by atoms with E-state index >= 15 is 0 Å². The Labute approximate surface area is 83.8 Å². The van der Waals surface area contributed by atoms with Crippen LogP contribution in [0, 0.1) is 5.92 Å². The lowest BCUT2D eigenvalue weighted by Gasteiger charge is -2.19. The number of hydrogen-bond acceptors (Lipinski definition) is 4. The smallest absolute Gasteiger partial charge is 0.247 e. The van der Waals surface area contributed by atoms with E-state index in [0.717, 1.165) is 5.75 Å². The zero-order chi connectivity index (χ0) is 10.4. The maximum Gasteiger partial charge on any atom is 0.247 e. The summed E-state index contributed by atoms with van der Waals surface area (Å²) in [5, 5.41) is -0.101. The molecule has 0 spiro atoms. The molecule has 0 aliphatic carbocycles. The number of rotatable bonds is 5. The van der Waals surface area contributed by atoms with Gasteiger partial charge in [0, 0.05) is 11.8 Å². The molecule has 78 valence electrons. The molecule has 4 nitrogen and oxygen atoms in total. The average Bonchev–Trinajstić information content (AvgIpc) is 2.03.